The van der Waals surface area contributed by atoms with Gasteiger partial charge in [-0.2, -0.15) is 0 Å². The van der Waals surface area contributed by atoms with Crippen molar-refractivity contribution in [1.82, 2.24) is 4.98 Å². The Balaban J connectivity index is 1.92. The molecule has 0 spiro atoms. The Morgan fingerprint density at radius 3 is 2.68 bits per heavy atom. The van der Waals surface area contributed by atoms with Gasteiger partial charge >= 0.3 is 5.97 Å². The minimum atomic E-state index is -0.581. The molecule has 1 aliphatic rings. The van der Waals surface area contributed by atoms with E-state index in [1.807, 2.05) is 0 Å². The standard InChI is InChI=1S/C16H11FN2O3/c1-21-14-3-2-10(8-12(14)17)9-13-16(20)22-15(19-13)11-4-6-18-7-5-11/h2-9H,1H3/b13-9+. The van der Waals surface area contributed by atoms with Crippen molar-refractivity contribution in [2.24, 2.45) is 4.99 Å². The number of aliphatic imine (C=N–C) groups is 1. The lowest BCUT2D eigenvalue weighted by Crippen LogP contribution is -2.05. The maximum atomic E-state index is 13.6. The molecule has 2 heterocycles. The highest BCUT2D eigenvalue weighted by Crippen LogP contribution is 2.22. The molecule has 0 fully saturated rings. The number of halogens is 1. The summed E-state index contributed by atoms with van der Waals surface area (Å²) in [4.78, 5) is 19.8. The molecule has 0 atom stereocenters. The van der Waals surface area contributed by atoms with E-state index in [4.69, 9.17) is 9.47 Å². The van der Waals surface area contributed by atoms with Crippen LogP contribution >= 0.6 is 0 Å². The lowest BCUT2D eigenvalue weighted by molar-refractivity contribution is -0.129. The number of hydrogen-bond acceptors (Lipinski definition) is 5. The monoisotopic (exact) mass is 298 g/mol. The number of carbonyl (C=O) groups is 1. The van der Waals surface area contributed by atoms with Gasteiger partial charge in [-0.05, 0) is 35.9 Å². The number of benzene rings is 1. The normalized spacial score (nSPS) is 15.6. The molecule has 110 valence electrons. The number of cyclic esters (lactones) is 1. The van der Waals surface area contributed by atoms with Gasteiger partial charge in [-0.3, -0.25) is 4.98 Å². The molecular weight excluding hydrogens is 287 g/mol. The Kier molecular flexibility index (Phi) is 3.65. The zero-order valence-corrected chi connectivity index (χ0v) is 11.6. The highest BCUT2D eigenvalue weighted by atomic mass is 19.1. The van der Waals surface area contributed by atoms with Gasteiger partial charge < -0.3 is 9.47 Å². The lowest BCUT2D eigenvalue weighted by atomic mass is 10.2. The molecule has 0 unspecified atom stereocenters. The average Bonchev–Trinajstić information content (AvgIpc) is 2.89. The maximum Gasteiger partial charge on any atom is 0.363 e. The minimum Gasteiger partial charge on any atom is -0.494 e. The van der Waals surface area contributed by atoms with E-state index in [-0.39, 0.29) is 17.3 Å². The zero-order valence-electron chi connectivity index (χ0n) is 11.6. The van der Waals surface area contributed by atoms with E-state index in [0.29, 0.717) is 11.1 Å². The van der Waals surface area contributed by atoms with Crippen molar-refractivity contribution in [3.63, 3.8) is 0 Å². The van der Waals surface area contributed by atoms with E-state index < -0.39 is 11.8 Å². The van der Waals surface area contributed by atoms with Crippen LogP contribution in [-0.2, 0) is 9.53 Å². The third-order valence-corrected chi connectivity index (χ3v) is 3.03. The van der Waals surface area contributed by atoms with Crippen LogP contribution in [0.4, 0.5) is 4.39 Å². The van der Waals surface area contributed by atoms with Gasteiger partial charge in [-0.15, -0.1) is 0 Å². The first-order valence-electron chi connectivity index (χ1n) is 6.44. The van der Waals surface area contributed by atoms with Crippen LogP contribution < -0.4 is 4.74 Å². The summed E-state index contributed by atoms with van der Waals surface area (Å²) in [5.74, 6) is -0.755. The molecule has 1 aliphatic heterocycles. The van der Waals surface area contributed by atoms with Crippen LogP contribution in [0.25, 0.3) is 6.08 Å². The van der Waals surface area contributed by atoms with Crippen molar-refractivity contribution in [2.45, 2.75) is 0 Å². The first-order valence-corrected chi connectivity index (χ1v) is 6.44. The fraction of sp³-hybridized carbons (Fsp3) is 0.0625. The van der Waals surface area contributed by atoms with Crippen LogP contribution in [-0.4, -0.2) is 24.0 Å². The molecule has 0 aliphatic carbocycles. The predicted molar refractivity (Wildman–Crippen MR) is 77.8 cm³/mol. The fourth-order valence-electron chi connectivity index (χ4n) is 1.96. The number of nitrogens with zero attached hydrogens (tertiary/aromatic N) is 2. The molecular formula is C16H11FN2O3. The topological polar surface area (TPSA) is 60.8 Å². The van der Waals surface area contributed by atoms with Gasteiger partial charge in [0.25, 0.3) is 0 Å². The van der Waals surface area contributed by atoms with Crippen molar-refractivity contribution in [1.29, 1.82) is 0 Å². The second kappa shape index (κ2) is 5.77. The van der Waals surface area contributed by atoms with Gasteiger partial charge in [0.15, 0.2) is 17.3 Å². The van der Waals surface area contributed by atoms with E-state index in [1.165, 1.54) is 25.3 Å². The molecule has 6 heteroatoms. The SMILES string of the molecule is COc1ccc(/C=C2/N=C(c3ccncc3)OC2=O)cc1F. The Morgan fingerprint density at radius 2 is 2.00 bits per heavy atom. The Bertz CT molecular complexity index is 785. The third-order valence-electron chi connectivity index (χ3n) is 3.03. The van der Waals surface area contributed by atoms with Crippen molar-refractivity contribution in [3.8, 4) is 5.75 Å². The van der Waals surface area contributed by atoms with E-state index in [0.717, 1.165) is 0 Å². The highest BCUT2D eigenvalue weighted by molar-refractivity contribution is 6.12. The van der Waals surface area contributed by atoms with Gasteiger partial charge in [0.2, 0.25) is 5.90 Å². The van der Waals surface area contributed by atoms with Gasteiger partial charge in [-0.25, -0.2) is 14.2 Å². The molecule has 0 bridgehead atoms. The molecule has 2 aromatic rings. The van der Waals surface area contributed by atoms with Crippen molar-refractivity contribution < 1.29 is 18.7 Å². The summed E-state index contributed by atoms with van der Waals surface area (Å²) in [6, 6.07) is 7.74. The predicted octanol–water partition coefficient (Wildman–Crippen LogP) is 2.57. The van der Waals surface area contributed by atoms with Crippen LogP contribution in [0.1, 0.15) is 11.1 Å². The molecule has 1 aromatic carbocycles. The smallest absolute Gasteiger partial charge is 0.363 e. The highest BCUT2D eigenvalue weighted by Gasteiger charge is 2.24. The van der Waals surface area contributed by atoms with Crippen molar-refractivity contribution in [3.05, 3.63) is 65.4 Å². The van der Waals surface area contributed by atoms with Crippen molar-refractivity contribution >= 4 is 17.9 Å². The second-order valence-electron chi connectivity index (χ2n) is 4.47. The Hall–Kier alpha value is -3.02. The Labute approximate surface area is 125 Å². The second-order valence-corrected chi connectivity index (χ2v) is 4.47. The number of rotatable bonds is 3. The molecule has 0 N–H and O–H groups in total. The molecule has 1 aromatic heterocycles. The molecule has 0 radical (unpaired) electrons. The fourth-order valence-corrected chi connectivity index (χ4v) is 1.96. The number of ether oxygens (including phenoxy) is 2. The van der Waals surface area contributed by atoms with Crippen LogP contribution in [0.15, 0.2) is 53.4 Å². The molecule has 5 nitrogen and oxygen atoms in total. The molecule has 0 amide bonds. The summed E-state index contributed by atoms with van der Waals surface area (Å²) in [6.07, 6.45) is 4.61. The Morgan fingerprint density at radius 1 is 1.23 bits per heavy atom. The van der Waals surface area contributed by atoms with Crippen LogP contribution in [0, 0.1) is 5.82 Å². The summed E-state index contributed by atoms with van der Waals surface area (Å²) in [6.45, 7) is 0. The number of hydrogen-bond donors (Lipinski definition) is 0. The molecule has 0 saturated heterocycles. The molecule has 22 heavy (non-hydrogen) atoms. The quantitative estimate of drug-likeness (QED) is 0.645. The summed E-state index contributed by atoms with van der Waals surface area (Å²) in [5.41, 5.74) is 1.24. The van der Waals surface area contributed by atoms with Crippen LogP contribution in [0.3, 0.4) is 0 Å². The van der Waals surface area contributed by atoms with Gasteiger partial charge in [0.05, 0.1) is 7.11 Å². The number of methoxy groups -OCH3 is 1. The number of carbonyl (C=O) groups excluding carboxylic acids is 1. The average molecular weight is 298 g/mol. The van der Waals surface area contributed by atoms with E-state index >= 15 is 0 Å². The molecule has 3 rings (SSSR count). The van der Waals surface area contributed by atoms with Crippen LogP contribution in [0.5, 0.6) is 5.75 Å². The van der Waals surface area contributed by atoms with E-state index in [2.05, 4.69) is 9.98 Å². The first-order chi connectivity index (χ1) is 10.7. The third kappa shape index (κ3) is 2.71. The van der Waals surface area contributed by atoms with Crippen LogP contribution in [0.2, 0.25) is 0 Å². The lowest BCUT2D eigenvalue weighted by Gasteiger charge is -2.01. The van der Waals surface area contributed by atoms with Gasteiger partial charge in [0.1, 0.15) is 0 Å². The number of esters is 1. The summed E-state index contributed by atoms with van der Waals surface area (Å²) in [7, 11) is 1.39. The van der Waals surface area contributed by atoms with Gasteiger partial charge in [-0.1, -0.05) is 6.07 Å². The number of pyridine rings is 1. The van der Waals surface area contributed by atoms with Gasteiger partial charge in [0, 0.05) is 18.0 Å². The number of aromatic nitrogens is 1. The summed E-state index contributed by atoms with van der Waals surface area (Å²) in [5, 5.41) is 0. The summed E-state index contributed by atoms with van der Waals surface area (Å²) < 4.78 is 23.6. The minimum absolute atomic E-state index is 0.108. The zero-order chi connectivity index (χ0) is 15.5. The van der Waals surface area contributed by atoms with Crippen molar-refractivity contribution in [2.75, 3.05) is 7.11 Å². The summed E-state index contributed by atoms with van der Waals surface area (Å²) >= 11 is 0. The maximum absolute atomic E-state index is 13.6. The van der Waals surface area contributed by atoms with E-state index in [9.17, 15) is 9.18 Å². The van der Waals surface area contributed by atoms with E-state index in [1.54, 1.807) is 30.6 Å². The first kappa shape index (κ1) is 13.9. The largest absolute Gasteiger partial charge is 0.494 e. The molecule has 0 saturated carbocycles.